The number of nitrogens with one attached hydrogen (secondary N) is 1. The highest BCUT2D eigenvalue weighted by Gasteiger charge is 2.30. The van der Waals surface area contributed by atoms with Crippen LogP contribution in [0.2, 0.25) is 0 Å². The SMILES string of the molecule is COc1ccccc1N1CCNC(=O)C1CCO. The molecule has 98 valence electrons. The van der Waals surface area contributed by atoms with Crippen molar-refractivity contribution in [3.05, 3.63) is 24.3 Å². The Morgan fingerprint density at radius 2 is 2.28 bits per heavy atom. The number of ether oxygens (including phenoxy) is 1. The van der Waals surface area contributed by atoms with Gasteiger partial charge in [-0.3, -0.25) is 4.79 Å². The van der Waals surface area contributed by atoms with Gasteiger partial charge < -0.3 is 20.1 Å². The summed E-state index contributed by atoms with van der Waals surface area (Å²) in [5.41, 5.74) is 0.897. The number of nitrogens with zero attached hydrogens (tertiary/aromatic N) is 1. The minimum absolute atomic E-state index is 0.0102. The Labute approximate surface area is 106 Å². The minimum Gasteiger partial charge on any atom is -0.495 e. The van der Waals surface area contributed by atoms with Gasteiger partial charge in [0, 0.05) is 19.7 Å². The number of benzene rings is 1. The van der Waals surface area contributed by atoms with Crippen LogP contribution < -0.4 is 15.0 Å². The fraction of sp³-hybridized carbons (Fsp3) is 0.462. The highest BCUT2D eigenvalue weighted by molar-refractivity contribution is 5.87. The lowest BCUT2D eigenvalue weighted by molar-refractivity contribution is -0.123. The van der Waals surface area contributed by atoms with E-state index in [1.807, 2.05) is 29.2 Å². The average molecular weight is 250 g/mol. The van der Waals surface area contributed by atoms with E-state index < -0.39 is 0 Å². The summed E-state index contributed by atoms with van der Waals surface area (Å²) in [6.07, 6.45) is 0.421. The van der Waals surface area contributed by atoms with E-state index in [0.717, 1.165) is 18.0 Å². The van der Waals surface area contributed by atoms with Gasteiger partial charge in [0.05, 0.1) is 12.8 Å². The second-order valence-corrected chi connectivity index (χ2v) is 4.18. The average Bonchev–Trinajstić information content (AvgIpc) is 2.41. The van der Waals surface area contributed by atoms with Gasteiger partial charge in [0.15, 0.2) is 0 Å². The van der Waals surface area contributed by atoms with E-state index in [-0.39, 0.29) is 18.6 Å². The summed E-state index contributed by atoms with van der Waals surface area (Å²) in [5, 5.41) is 11.9. The molecular formula is C13H18N2O3. The van der Waals surface area contributed by atoms with Gasteiger partial charge in [-0.15, -0.1) is 0 Å². The van der Waals surface area contributed by atoms with Crippen LogP contribution in [0.15, 0.2) is 24.3 Å². The maximum absolute atomic E-state index is 11.9. The number of aliphatic hydroxyl groups excluding tert-OH is 1. The van der Waals surface area contributed by atoms with Crippen molar-refractivity contribution in [2.24, 2.45) is 0 Å². The number of aliphatic hydroxyl groups is 1. The molecule has 5 nitrogen and oxygen atoms in total. The van der Waals surface area contributed by atoms with Crippen molar-refractivity contribution in [1.82, 2.24) is 5.32 Å². The summed E-state index contributed by atoms with van der Waals surface area (Å²) in [7, 11) is 1.61. The van der Waals surface area contributed by atoms with Gasteiger partial charge in [-0.1, -0.05) is 12.1 Å². The molecule has 0 bridgehead atoms. The molecule has 1 saturated heterocycles. The largest absolute Gasteiger partial charge is 0.495 e. The zero-order valence-electron chi connectivity index (χ0n) is 10.4. The zero-order valence-corrected chi connectivity index (χ0v) is 10.4. The number of carbonyl (C=O) groups excluding carboxylic acids is 1. The number of para-hydroxylation sites is 2. The molecule has 1 amide bonds. The fourth-order valence-electron chi connectivity index (χ4n) is 2.28. The number of hydrogen-bond acceptors (Lipinski definition) is 4. The van der Waals surface area contributed by atoms with Crippen LogP contribution in [0.5, 0.6) is 5.75 Å². The second kappa shape index (κ2) is 5.73. The molecule has 1 aliphatic heterocycles. The van der Waals surface area contributed by atoms with Gasteiger partial charge in [-0.25, -0.2) is 0 Å². The third-order valence-corrected chi connectivity index (χ3v) is 3.13. The molecular weight excluding hydrogens is 232 g/mol. The van der Waals surface area contributed by atoms with Crippen LogP contribution in [0.4, 0.5) is 5.69 Å². The summed E-state index contributed by atoms with van der Waals surface area (Å²) in [5.74, 6) is 0.705. The molecule has 0 radical (unpaired) electrons. The first-order chi connectivity index (χ1) is 8.77. The molecule has 0 aliphatic carbocycles. The first-order valence-corrected chi connectivity index (χ1v) is 6.06. The van der Waals surface area contributed by atoms with E-state index in [4.69, 9.17) is 9.84 Å². The number of rotatable bonds is 4. The van der Waals surface area contributed by atoms with Crippen molar-refractivity contribution >= 4 is 11.6 Å². The molecule has 1 heterocycles. The summed E-state index contributed by atoms with van der Waals surface area (Å²) < 4.78 is 5.32. The zero-order chi connectivity index (χ0) is 13.0. The van der Waals surface area contributed by atoms with Crippen LogP contribution >= 0.6 is 0 Å². The number of piperazine rings is 1. The molecule has 18 heavy (non-hydrogen) atoms. The highest BCUT2D eigenvalue weighted by Crippen LogP contribution is 2.30. The Morgan fingerprint density at radius 1 is 1.50 bits per heavy atom. The van der Waals surface area contributed by atoms with E-state index in [1.54, 1.807) is 7.11 Å². The highest BCUT2D eigenvalue weighted by atomic mass is 16.5. The molecule has 2 N–H and O–H groups in total. The monoisotopic (exact) mass is 250 g/mol. The summed E-state index contributed by atoms with van der Waals surface area (Å²) >= 11 is 0. The van der Waals surface area contributed by atoms with E-state index in [1.165, 1.54) is 0 Å². The fourth-order valence-corrected chi connectivity index (χ4v) is 2.28. The molecule has 0 saturated carbocycles. The molecule has 2 rings (SSSR count). The quantitative estimate of drug-likeness (QED) is 0.811. The molecule has 1 aromatic rings. The van der Waals surface area contributed by atoms with Gasteiger partial charge in [0.1, 0.15) is 11.8 Å². The molecule has 0 aromatic heterocycles. The Balaban J connectivity index is 2.31. The lowest BCUT2D eigenvalue weighted by atomic mass is 10.1. The van der Waals surface area contributed by atoms with E-state index in [2.05, 4.69) is 5.32 Å². The Bertz CT molecular complexity index is 422. The molecule has 5 heteroatoms. The molecule has 1 fully saturated rings. The summed E-state index contributed by atoms with van der Waals surface area (Å²) in [6, 6.07) is 7.29. The van der Waals surface area contributed by atoms with E-state index >= 15 is 0 Å². The van der Waals surface area contributed by atoms with Crippen molar-refractivity contribution < 1.29 is 14.6 Å². The number of hydrogen-bond donors (Lipinski definition) is 2. The van der Waals surface area contributed by atoms with Gasteiger partial charge in [-0.2, -0.15) is 0 Å². The standard InChI is InChI=1S/C13H18N2O3/c1-18-12-5-3-2-4-10(12)15-8-7-14-13(17)11(15)6-9-16/h2-5,11,16H,6-9H2,1H3,(H,14,17). The van der Waals surface area contributed by atoms with E-state index in [9.17, 15) is 4.79 Å². The number of methoxy groups -OCH3 is 1. The van der Waals surface area contributed by atoms with E-state index in [0.29, 0.717) is 13.0 Å². The smallest absolute Gasteiger partial charge is 0.242 e. The maximum atomic E-state index is 11.9. The van der Waals surface area contributed by atoms with Crippen molar-refractivity contribution in [2.75, 3.05) is 31.7 Å². The molecule has 1 aliphatic rings. The lowest BCUT2D eigenvalue weighted by Crippen LogP contribution is -2.55. The summed E-state index contributed by atoms with van der Waals surface area (Å²) in [6.45, 7) is 1.32. The van der Waals surface area contributed by atoms with Gasteiger partial charge in [-0.05, 0) is 18.6 Å². The predicted octanol–water partition coefficient (Wildman–Crippen LogP) is 0.382. The van der Waals surface area contributed by atoms with Crippen molar-refractivity contribution in [2.45, 2.75) is 12.5 Å². The third kappa shape index (κ3) is 2.41. The molecule has 0 spiro atoms. The van der Waals surface area contributed by atoms with Crippen molar-refractivity contribution in [3.63, 3.8) is 0 Å². The Morgan fingerprint density at radius 3 is 3.00 bits per heavy atom. The lowest BCUT2D eigenvalue weighted by Gasteiger charge is -2.37. The Kier molecular flexibility index (Phi) is 4.04. The van der Waals surface area contributed by atoms with Crippen LogP contribution in [-0.4, -0.2) is 43.9 Å². The Hall–Kier alpha value is -1.75. The van der Waals surface area contributed by atoms with Gasteiger partial charge in [0.2, 0.25) is 5.91 Å². The number of carbonyl (C=O) groups is 1. The molecule has 1 aromatic carbocycles. The topological polar surface area (TPSA) is 61.8 Å². The summed E-state index contributed by atoms with van der Waals surface area (Å²) in [4.78, 5) is 13.9. The van der Waals surface area contributed by atoms with Crippen LogP contribution in [0.3, 0.4) is 0 Å². The first kappa shape index (κ1) is 12.7. The molecule has 1 atom stereocenters. The van der Waals surface area contributed by atoms with Crippen LogP contribution in [0, 0.1) is 0 Å². The maximum Gasteiger partial charge on any atom is 0.242 e. The number of anilines is 1. The number of amides is 1. The normalized spacial score (nSPS) is 19.6. The van der Waals surface area contributed by atoms with Crippen LogP contribution in [0.25, 0.3) is 0 Å². The predicted molar refractivity (Wildman–Crippen MR) is 68.8 cm³/mol. The third-order valence-electron chi connectivity index (χ3n) is 3.13. The van der Waals surface area contributed by atoms with Crippen molar-refractivity contribution in [1.29, 1.82) is 0 Å². The van der Waals surface area contributed by atoms with Gasteiger partial charge in [0.25, 0.3) is 0 Å². The van der Waals surface area contributed by atoms with Crippen LogP contribution in [-0.2, 0) is 4.79 Å². The minimum atomic E-state index is -0.333. The van der Waals surface area contributed by atoms with Gasteiger partial charge >= 0.3 is 0 Å². The molecule has 1 unspecified atom stereocenters. The van der Waals surface area contributed by atoms with Crippen LogP contribution in [0.1, 0.15) is 6.42 Å². The second-order valence-electron chi connectivity index (χ2n) is 4.18. The first-order valence-electron chi connectivity index (χ1n) is 6.06. The van der Waals surface area contributed by atoms with Crippen molar-refractivity contribution in [3.8, 4) is 5.75 Å².